The Morgan fingerprint density at radius 2 is 1.78 bits per heavy atom. The van der Waals surface area contributed by atoms with E-state index < -0.39 is 0 Å². The number of benzene rings is 1. The standard InChI is InChI=1S/C16H21NS/c1-3-5-12-6-8-13(9-7-12)16(17)15-11-10-14(4-2)18-15/h6-11,16H,3-5,17H2,1-2H3. The molecule has 0 aliphatic carbocycles. The maximum Gasteiger partial charge on any atom is 0.0646 e. The van der Waals surface area contributed by atoms with Crippen LogP contribution < -0.4 is 5.73 Å². The average molecular weight is 259 g/mol. The molecule has 1 nitrogen and oxygen atoms in total. The summed E-state index contributed by atoms with van der Waals surface area (Å²) in [4.78, 5) is 2.66. The highest BCUT2D eigenvalue weighted by atomic mass is 32.1. The fourth-order valence-corrected chi connectivity index (χ4v) is 3.08. The highest BCUT2D eigenvalue weighted by Gasteiger charge is 2.11. The molecule has 0 radical (unpaired) electrons. The number of rotatable bonds is 5. The van der Waals surface area contributed by atoms with Gasteiger partial charge in [0, 0.05) is 9.75 Å². The lowest BCUT2D eigenvalue weighted by Crippen LogP contribution is -2.10. The van der Waals surface area contributed by atoms with Gasteiger partial charge in [-0.1, -0.05) is 44.5 Å². The molecule has 1 aromatic carbocycles. The lowest BCUT2D eigenvalue weighted by atomic mass is 10.0. The third-order valence-electron chi connectivity index (χ3n) is 3.21. The van der Waals surface area contributed by atoms with Gasteiger partial charge in [-0.3, -0.25) is 0 Å². The van der Waals surface area contributed by atoms with Crippen LogP contribution in [0, 0.1) is 0 Å². The van der Waals surface area contributed by atoms with E-state index in [0.717, 1.165) is 12.8 Å². The molecule has 1 atom stereocenters. The molecule has 0 amide bonds. The van der Waals surface area contributed by atoms with E-state index in [4.69, 9.17) is 5.73 Å². The maximum absolute atomic E-state index is 6.32. The summed E-state index contributed by atoms with van der Waals surface area (Å²) in [6.45, 7) is 4.39. The summed E-state index contributed by atoms with van der Waals surface area (Å²) in [7, 11) is 0. The van der Waals surface area contributed by atoms with E-state index in [0.29, 0.717) is 0 Å². The summed E-state index contributed by atoms with van der Waals surface area (Å²) in [6.07, 6.45) is 3.43. The van der Waals surface area contributed by atoms with E-state index in [9.17, 15) is 0 Å². The van der Waals surface area contributed by atoms with Crippen molar-refractivity contribution in [1.82, 2.24) is 0 Å². The van der Waals surface area contributed by atoms with Gasteiger partial charge >= 0.3 is 0 Å². The number of thiophene rings is 1. The van der Waals surface area contributed by atoms with E-state index in [2.05, 4.69) is 50.2 Å². The molecule has 0 aliphatic rings. The third-order valence-corrected chi connectivity index (χ3v) is 4.53. The van der Waals surface area contributed by atoms with Crippen molar-refractivity contribution < 1.29 is 0 Å². The van der Waals surface area contributed by atoms with Gasteiger partial charge in [0.1, 0.15) is 0 Å². The summed E-state index contributed by atoms with van der Waals surface area (Å²) < 4.78 is 0. The molecule has 1 aromatic heterocycles. The predicted octanol–water partition coefficient (Wildman–Crippen LogP) is 4.31. The third kappa shape index (κ3) is 3.01. The van der Waals surface area contributed by atoms with E-state index >= 15 is 0 Å². The summed E-state index contributed by atoms with van der Waals surface area (Å²) >= 11 is 1.83. The van der Waals surface area contributed by atoms with Crippen LogP contribution in [0.2, 0.25) is 0 Å². The normalized spacial score (nSPS) is 12.6. The zero-order valence-electron chi connectivity index (χ0n) is 11.1. The summed E-state index contributed by atoms with van der Waals surface area (Å²) in [5.74, 6) is 0. The topological polar surface area (TPSA) is 26.0 Å². The Morgan fingerprint density at radius 3 is 2.33 bits per heavy atom. The van der Waals surface area contributed by atoms with Crippen LogP contribution in [0.4, 0.5) is 0 Å². The quantitative estimate of drug-likeness (QED) is 0.850. The van der Waals surface area contributed by atoms with Crippen molar-refractivity contribution in [3.63, 3.8) is 0 Å². The molecule has 0 spiro atoms. The van der Waals surface area contributed by atoms with Gasteiger partial charge in [0.2, 0.25) is 0 Å². The van der Waals surface area contributed by atoms with Crippen molar-refractivity contribution in [3.05, 3.63) is 57.3 Å². The van der Waals surface area contributed by atoms with E-state index in [-0.39, 0.29) is 6.04 Å². The van der Waals surface area contributed by atoms with Crippen LogP contribution >= 0.6 is 11.3 Å². The minimum atomic E-state index is 0.0194. The minimum absolute atomic E-state index is 0.0194. The highest BCUT2D eigenvalue weighted by Crippen LogP contribution is 2.27. The van der Waals surface area contributed by atoms with Crippen LogP contribution in [0.1, 0.15) is 47.2 Å². The zero-order chi connectivity index (χ0) is 13.0. The molecule has 1 heterocycles. The molecule has 0 bridgehead atoms. The zero-order valence-corrected chi connectivity index (χ0v) is 12.0. The van der Waals surface area contributed by atoms with Crippen LogP contribution in [-0.2, 0) is 12.8 Å². The van der Waals surface area contributed by atoms with Gasteiger partial charge in [0.25, 0.3) is 0 Å². The van der Waals surface area contributed by atoms with Crippen molar-refractivity contribution in [2.45, 2.75) is 39.2 Å². The van der Waals surface area contributed by atoms with Gasteiger partial charge in [-0.05, 0) is 36.1 Å². The molecular formula is C16H21NS. The fourth-order valence-electron chi connectivity index (χ4n) is 2.10. The highest BCUT2D eigenvalue weighted by molar-refractivity contribution is 7.12. The first-order valence-electron chi connectivity index (χ1n) is 6.67. The SMILES string of the molecule is CCCc1ccc(C(N)c2ccc(CC)s2)cc1. The van der Waals surface area contributed by atoms with Crippen molar-refractivity contribution in [2.75, 3.05) is 0 Å². The van der Waals surface area contributed by atoms with E-state index in [1.807, 2.05) is 11.3 Å². The van der Waals surface area contributed by atoms with Crippen LogP contribution in [-0.4, -0.2) is 0 Å². The summed E-state index contributed by atoms with van der Waals surface area (Å²) in [5, 5.41) is 0. The first-order chi connectivity index (χ1) is 8.74. The van der Waals surface area contributed by atoms with Crippen LogP contribution in [0.15, 0.2) is 36.4 Å². The molecule has 0 aliphatic heterocycles. The van der Waals surface area contributed by atoms with Crippen molar-refractivity contribution >= 4 is 11.3 Å². The molecule has 0 saturated carbocycles. The smallest absolute Gasteiger partial charge is 0.0646 e. The van der Waals surface area contributed by atoms with E-state index in [1.165, 1.54) is 27.3 Å². The largest absolute Gasteiger partial charge is 0.320 e. The molecule has 96 valence electrons. The second-order valence-corrected chi connectivity index (χ2v) is 5.83. The molecule has 2 aromatic rings. The predicted molar refractivity (Wildman–Crippen MR) is 80.2 cm³/mol. The van der Waals surface area contributed by atoms with Crippen LogP contribution in [0.5, 0.6) is 0 Å². The monoisotopic (exact) mass is 259 g/mol. The Bertz CT molecular complexity index is 484. The Hall–Kier alpha value is -1.12. The maximum atomic E-state index is 6.32. The molecule has 2 heteroatoms. The molecule has 18 heavy (non-hydrogen) atoms. The molecule has 2 rings (SSSR count). The summed E-state index contributed by atoms with van der Waals surface area (Å²) in [6, 6.07) is 13.1. The van der Waals surface area contributed by atoms with Gasteiger partial charge < -0.3 is 5.73 Å². The van der Waals surface area contributed by atoms with Crippen LogP contribution in [0.25, 0.3) is 0 Å². The molecule has 0 saturated heterocycles. The van der Waals surface area contributed by atoms with Gasteiger partial charge in [-0.2, -0.15) is 0 Å². The molecule has 1 unspecified atom stereocenters. The van der Waals surface area contributed by atoms with Crippen molar-refractivity contribution in [1.29, 1.82) is 0 Å². The lowest BCUT2D eigenvalue weighted by Gasteiger charge is -2.10. The number of hydrogen-bond donors (Lipinski definition) is 1. The van der Waals surface area contributed by atoms with Gasteiger partial charge in [0.15, 0.2) is 0 Å². The first-order valence-corrected chi connectivity index (χ1v) is 7.49. The number of hydrogen-bond acceptors (Lipinski definition) is 2. The Kier molecular flexibility index (Phi) is 4.56. The van der Waals surface area contributed by atoms with Crippen molar-refractivity contribution in [2.24, 2.45) is 5.73 Å². The summed E-state index contributed by atoms with van der Waals surface area (Å²) in [5.41, 5.74) is 8.92. The second-order valence-electron chi connectivity index (χ2n) is 4.63. The average Bonchev–Trinajstić information content (AvgIpc) is 2.88. The Balaban J connectivity index is 2.14. The van der Waals surface area contributed by atoms with Gasteiger partial charge in [0.05, 0.1) is 6.04 Å². The van der Waals surface area contributed by atoms with Crippen molar-refractivity contribution in [3.8, 4) is 0 Å². The minimum Gasteiger partial charge on any atom is -0.320 e. The number of nitrogens with two attached hydrogens (primary N) is 1. The molecule has 0 fully saturated rings. The van der Waals surface area contributed by atoms with Crippen LogP contribution in [0.3, 0.4) is 0 Å². The van der Waals surface area contributed by atoms with Gasteiger partial charge in [-0.25, -0.2) is 0 Å². The first kappa shape index (κ1) is 13.3. The Labute approximate surface area is 114 Å². The lowest BCUT2D eigenvalue weighted by molar-refractivity contribution is 0.883. The Morgan fingerprint density at radius 1 is 1.06 bits per heavy atom. The van der Waals surface area contributed by atoms with E-state index in [1.54, 1.807) is 0 Å². The number of aryl methyl sites for hydroxylation is 2. The molecular weight excluding hydrogens is 238 g/mol. The second kappa shape index (κ2) is 6.17. The molecule has 2 N–H and O–H groups in total. The van der Waals surface area contributed by atoms with Gasteiger partial charge in [-0.15, -0.1) is 11.3 Å². The fraction of sp³-hybridized carbons (Fsp3) is 0.375.